The molecule has 0 aromatic heterocycles. The molecule has 0 saturated carbocycles. The molecule has 0 bridgehead atoms. The lowest BCUT2D eigenvalue weighted by Gasteiger charge is -2.29. The Balaban J connectivity index is 2.43. The minimum absolute atomic E-state index is 0.314. The normalized spacial score (nSPS) is 18.1. The van der Waals surface area contributed by atoms with Crippen molar-refractivity contribution in [2.24, 2.45) is 0 Å². The maximum absolute atomic E-state index is 5.77. The van der Waals surface area contributed by atoms with Gasteiger partial charge < -0.3 is 14.8 Å². The second-order valence-corrected chi connectivity index (χ2v) is 5.91. The van der Waals surface area contributed by atoms with Crippen LogP contribution >= 0.6 is 31.9 Å². The van der Waals surface area contributed by atoms with Crippen LogP contribution in [0, 0.1) is 0 Å². The highest BCUT2D eigenvalue weighted by Gasteiger charge is 2.27. The Kier molecular flexibility index (Phi) is 4.92. The van der Waals surface area contributed by atoms with E-state index in [1.54, 1.807) is 7.11 Å². The van der Waals surface area contributed by atoms with Gasteiger partial charge in [0.15, 0.2) is 0 Å². The molecule has 1 aliphatic rings. The first kappa shape index (κ1) is 14.2. The zero-order chi connectivity index (χ0) is 13.1. The van der Waals surface area contributed by atoms with E-state index in [9.17, 15) is 0 Å². The number of methoxy groups -OCH3 is 1. The molecule has 0 spiro atoms. The van der Waals surface area contributed by atoms with Crippen molar-refractivity contribution in [3.8, 4) is 11.5 Å². The van der Waals surface area contributed by atoms with Gasteiger partial charge in [-0.3, -0.25) is 0 Å². The third kappa shape index (κ3) is 2.68. The van der Waals surface area contributed by atoms with Gasteiger partial charge in [0.1, 0.15) is 11.5 Å². The summed E-state index contributed by atoms with van der Waals surface area (Å²) < 4.78 is 13.1. The van der Waals surface area contributed by atoms with Gasteiger partial charge in [-0.15, -0.1) is 0 Å². The van der Waals surface area contributed by atoms with E-state index in [1.165, 1.54) is 0 Å². The molecule has 1 atom stereocenters. The van der Waals surface area contributed by atoms with Gasteiger partial charge in [-0.05, 0) is 50.9 Å². The van der Waals surface area contributed by atoms with Crippen molar-refractivity contribution in [3.63, 3.8) is 0 Å². The first-order valence-corrected chi connectivity index (χ1v) is 7.69. The maximum atomic E-state index is 5.77. The van der Waals surface area contributed by atoms with Crippen LogP contribution in [0.5, 0.6) is 11.5 Å². The molecule has 3 nitrogen and oxygen atoms in total. The molecular weight excluding hydrogens is 362 g/mol. The van der Waals surface area contributed by atoms with E-state index in [4.69, 9.17) is 9.47 Å². The molecule has 1 aromatic carbocycles. The van der Waals surface area contributed by atoms with Crippen molar-refractivity contribution in [3.05, 3.63) is 20.6 Å². The molecule has 0 fully saturated rings. The van der Waals surface area contributed by atoms with Crippen LogP contribution in [0.4, 0.5) is 0 Å². The fourth-order valence-corrected chi connectivity index (χ4v) is 3.43. The molecule has 1 unspecified atom stereocenters. The van der Waals surface area contributed by atoms with Crippen LogP contribution in [0.2, 0.25) is 0 Å². The van der Waals surface area contributed by atoms with Gasteiger partial charge in [-0.25, -0.2) is 0 Å². The second kappa shape index (κ2) is 6.26. The number of ether oxygens (including phenoxy) is 2. The van der Waals surface area contributed by atoms with E-state index in [2.05, 4.69) is 44.1 Å². The highest BCUT2D eigenvalue weighted by molar-refractivity contribution is 9.11. The molecular formula is C13H17Br2NO2. The number of benzene rings is 1. The predicted molar refractivity (Wildman–Crippen MR) is 79.5 cm³/mol. The zero-order valence-electron chi connectivity index (χ0n) is 10.6. The van der Waals surface area contributed by atoms with Crippen LogP contribution in [0.3, 0.4) is 0 Å². The molecule has 0 aliphatic carbocycles. The summed E-state index contributed by atoms with van der Waals surface area (Å²) in [5, 5.41) is 3.56. The molecule has 5 heteroatoms. The summed E-state index contributed by atoms with van der Waals surface area (Å²) in [5.74, 6) is 1.75. The van der Waals surface area contributed by atoms with Crippen LogP contribution in [0.1, 0.15) is 31.4 Å². The number of hydrogen-bond acceptors (Lipinski definition) is 3. The van der Waals surface area contributed by atoms with Crippen LogP contribution in [-0.2, 0) is 0 Å². The summed E-state index contributed by atoms with van der Waals surface area (Å²) in [7, 11) is 1.68. The summed E-state index contributed by atoms with van der Waals surface area (Å²) in [5.41, 5.74) is 1.15. The van der Waals surface area contributed by atoms with E-state index in [0.717, 1.165) is 52.0 Å². The molecule has 2 rings (SSSR count). The summed E-state index contributed by atoms with van der Waals surface area (Å²) >= 11 is 7.18. The molecule has 1 N–H and O–H groups in total. The van der Waals surface area contributed by atoms with Crippen LogP contribution < -0.4 is 14.8 Å². The standard InChI is InChI=1S/C13H17Br2NO2/c1-3-5-16-9-4-6-18-13-8(14)7-10(17-2)12(15)11(9)13/h7,9,16H,3-6H2,1-2H3. The van der Waals surface area contributed by atoms with Crippen molar-refractivity contribution < 1.29 is 9.47 Å². The van der Waals surface area contributed by atoms with E-state index >= 15 is 0 Å². The Bertz CT molecular complexity index is 437. The summed E-state index contributed by atoms with van der Waals surface area (Å²) in [6.07, 6.45) is 2.10. The SMILES string of the molecule is CCCNC1CCOc2c(Br)cc(OC)c(Br)c21. The molecule has 100 valence electrons. The van der Waals surface area contributed by atoms with Crippen molar-refractivity contribution in [1.82, 2.24) is 5.32 Å². The number of halogens is 2. The van der Waals surface area contributed by atoms with Crippen LogP contribution in [0.15, 0.2) is 15.0 Å². The van der Waals surface area contributed by atoms with E-state index in [1.807, 2.05) is 6.07 Å². The smallest absolute Gasteiger partial charge is 0.139 e. The van der Waals surface area contributed by atoms with Crippen LogP contribution in [-0.4, -0.2) is 20.3 Å². The quantitative estimate of drug-likeness (QED) is 0.857. The third-order valence-corrected chi connectivity index (χ3v) is 4.44. The Labute approximate surface area is 124 Å². The van der Waals surface area contributed by atoms with E-state index in [-0.39, 0.29) is 0 Å². The van der Waals surface area contributed by atoms with Gasteiger partial charge in [0.2, 0.25) is 0 Å². The second-order valence-electron chi connectivity index (χ2n) is 4.26. The maximum Gasteiger partial charge on any atom is 0.139 e. The lowest BCUT2D eigenvalue weighted by Crippen LogP contribution is -2.28. The zero-order valence-corrected chi connectivity index (χ0v) is 13.7. The number of hydrogen-bond donors (Lipinski definition) is 1. The molecule has 1 aliphatic heterocycles. The highest BCUT2D eigenvalue weighted by atomic mass is 79.9. The number of fused-ring (bicyclic) bond motifs is 1. The monoisotopic (exact) mass is 377 g/mol. The predicted octanol–water partition coefficient (Wildman–Crippen LogP) is 4.04. The minimum atomic E-state index is 0.314. The molecule has 0 amide bonds. The van der Waals surface area contributed by atoms with Gasteiger partial charge in [0.05, 0.1) is 22.7 Å². The topological polar surface area (TPSA) is 30.5 Å². The average molecular weight is 379 g/mol. The molecule has 18 heavy (non-hydrogen) atoms. The first-order valence-electron chi connectivity index (χ1n) is 6.11. The third-order valence-electron chi connectivity index (χ3n) is 3.03. The molecule has 0 radical (unpaired) electrons. The summed E-state index contributed by atoms with van der Waals surface area (Å²) in [6, 6.07) is 2.25. The van der Waals surface area contributed by atoms with Gasteiger partial charge in [0.25, 0.3) is 0 Å². The molecule has 0 saturated heterocycles. The van der Waals surface area contributed by atoms with E-state index in [0.29, 0.717) is 6.04 Å². The fraction of sp³-hybridized carbons (Fsp3) is 0.538. The van der Waals surface area contributed by atoms with Gasteiger partial charge in [0, 0.05) is 18.0 Å². The van der Waals surface area contributed by atoms with Gasteiger partial charge in [-0.2, -0.15) is 0 Å². The number of rotatable bonds is 4. The molecule has 1 aromatic rings. The van der Waals surface area contributed by atoms with Crippen molar-refractivity contribution >= 4 is 31.9 Å². The number of nitrogens with one attached hydrogen (secondary N) is 1. The average Bonchev–Trinajstić information content (AvgIpc) is 2.40. The Hall–Kier alpha value is -0.260. The summed E-state index contributed by atoms with van der Waals surface area (Å²) in [6.45, 7) is 3.92. The van der Waals surface area contributed by atoms with Crippen molar-refractivity contribution in [2.75, 3.05) is 20.3 Å². The minimum Gasteiger partial charge on any atom is -0.496 e. The van der Waals surface area contributed by atoms with E-state index < -0.39 is 0 Å². The Morgan fingerprint density at radius 1 is 1.50 bits per heavy atom. The summed E-state index contributed by atoms with van der Waals surface area (Å²) in [4.78, 5) is 0. The first-order chi connectivity index (χ1) is 8.69. The largest absolute Gasteiger partial charge is 0.496 e. The Morgan fingerprint density at radius 2 is 2.28 bits per heavy atom. The fourth-order valence-electron chi connectivity index (χ4n) is 2.16. The van der Waals surface area contributed by atoms with Crippen molar-refractivity contribution in [1.29, 1.82) is 0 Å². The van der Waals surface area contributed by atoms with Gasteiger partial charge in [-0.1, -0.05) is 6.92 Å². The van der Waals surface area contributed by atoms with Gasteiger partial charge >= 0.3 is 0 Å². The van der Waals surface area contributed by atoms with Crippen molar-refractivity contribution in [2.45, 2.75) is 25.8 Å². The highest BCUT2D eigenvalue weighted by Crippen LogP contribution is 2.46. The lowest BCUT2D eigenvalue weighted by atomic mass is 10.00. The Morgan fingerprint density at radius 3 is 2.94 bits per heavy atom. The molecule has 1 heterocycles. The lowest BCUT2D eigenvalue weighted by molar-refractivity contribution is 0.249. The van der Waals surface area contributed by atoms with Crippen LogP contribution in [0.25, 0.3) is 0 Å².